The van der Waals surface area contributed by atoms with Gasteiger partial charge in [-0.2, -0.15) is 4.98 Å². The second-order valence-corrected chi connectivity index (χ2v) is 5.03. The summed E-state index contributed by atoms with van der Waals surface area (Å²) in [6, 6.07) is 8.34. The second-order valence-electron chi connectivity index (χ2n) is 5.03. The standard InChI is InChI=1S/C15H19N3O/c1-2-11-3-5-13(6-4-11)15-17-14(18-19-15)12-7-9-16-10-8-12/h3-6,12,16H,2,7-10H2,1H3. The fourth-order valence-electron chi connectivity index (χ4n) is 2.48. The number of benzene rings is 1. The van der Waals surface area contributed by atoms with Crippen LogP contribution in [0.15, 0.2) is 28.8 Å². The predicted molar refractivity (Wildman–Crippen MR) is 74.0 cm³/mol. The molecule has 2 aromatic rings. The Kier molecular flexibility index (Phi) is 3.60. The van der Waals surface area contributed by atoms with Gasteiger partial charge in [-0.05, 0) is 50.0 Å². The van der Waals surface area contributed by atoms with E-state index < -0.39 is 0 Å². The molecule has 4 heteroatoms. The molecule has 1 aliphatic rings. The molecule has 0 bridgehead atoms. The molecule has 1 aromatic carbocycles. The SMILES string of the molecule is CCc1ccc(-c2nc(C3CCNCC3)no2)cc1. The van der Waals surface area contributed by atoms with Gasteiger partial charge in [0.05, 0.1) is 0 Å². The summed E-state index contributed by atoms with van der Waals surface area (Å²) in [6.07, 6.45) is 3.23. The third kappa shape index (κ3) is 2.68. The maximum atomic E-state index is 5.40. The molecule has 1 aromatic heterocycles. The highest BCUT2D eigenvalue weighted by atomic mass is 16.5. The van der Waals surface area contributed by atoms with Crippen LogP contribution in [-0.4, -0.2) is 23.2 Å². The third-order valence-electron chi connectivity index (χ3n) is 3.76. The lowest BCUT2D eigenvalue weighted by molar-refractivity contribution is 0.392. The molecule has 1 fully saturated rings. The average molecular weight is 257 g/mol. The molecule has 0 saturated carbocycles. The lowest BCUT2D eigenvalue weighted by Gasteiger charge is -2.18. The first kappa shape index (κ1) is 12.4. The first-order chi connectivity index (χ1) is 9.36. The van der Waals surface area contributed by atoms with Gasteiger partial charge in [0.1, 0.15) is 0 Å². The lowest BCUT2D eigenvalue weighted by Crippen LogP contribution is -2.27. The Labute approximate surface area is 113 Å². The zero-order valence-corrected chi connectivity index (χ0v) is 11.2. The van der Waals surface area contributed by atoms with E-state index in [1.165, 1.54) is 5.56 Å². The van der Waals surface area contributed by atoms with Crippen molar-refractivity contribution >= 4 is 0 Å². The summed E-state index contributed by atoms with van der Waals surface area (Å²) in [4.78, 5) is 4.55. The quantitative estimate of drug-likeness (QED) is 0.918. The average Bonchev–Trinajstić information content (AvgIpc) is 2.98. The number of aromatic nitrogens is 2. The zero-order chi connectivity index (χ0) is 13.1. The van der Waals surface area contributed by atoms with Gasteiger partial charge in [0.25, 0.3) is 5.89 Å². The molecule has 0 amide bonds. The summed E-state index contributed by atoms with van der Waals surface area (Å²) in [5.74, 6) is 1.93. The van der Waals surface area contributed by atoms with Crippen LogP contribution in [0, 0.1) is 0 Å². The van der Waals surface area contributed by atoms with Gasteiger partial charge in [0, 0.05) is 11.5 Å². The summed E-state index contributed by atoms with van der Waals surface area (Å²) < 4.78 is 5.40. The molecular formula is C15H19N3O. The monoisotopic (exact) mass is 257 g/mol. The van der Waals surface area contributed by atoms with E-state index in [2.05, 4.69) is 46.6 Å². The predicted octanol–water partition coefficient (Wildman–Crippen LogP) is 2.77. The normalized spacial score (nSPS) is 16.7. The molecule has 0 unspecified atom stereocenters. The van der Waals surface area contributed by atoms with Crippen LogP contribution in [0.2, 0.25) is 0 Å². The van der Waals surface area contributed by atoms with Gasteiger partial charge >= 0.3 is 0 Å². The van der Waals surface area contributed by atoms with Crippen LogP contribution < -0.4 is 5.32 Å². The molecule has 0 atom stereocenters. The summed E-state index contributed by atoms with van der Waals surface area (Å²) in [6.45, 7) is 4.23. The number of nitrogens with zero attached hydrogens (tertiary/aromatic N) is 2. The number of rotatable bonds is 3. The first-order valence-corrected chi connectivity index (χ1v) is 7.00. The molecule has 0 spiro atoms. The van der Waals surface area contributed by atoms with Gasteiger partial charge < -0.3 is 9.84 Å². The smallest absolute Gasteiger partial charge is 0.257 e. The third-order valence-corrected chi connectivity index (χ3v) is 3.76. The maximum Gasteiger partial charge on any atom is 0.257 e. The van der Waals surface area contributed by atoms with Crippen LogP contribution in [0.3, 0.4) is 0 Å². The van der Waals surface area contributed by atoms with E-state index in [0.717, 1.165) is 43.7 Å². The van der Waals surface area contributed by atoms with E-state index >= 15 is 0 Å². The Morgan fingerprint density at radius 1 is 1.21 bits per heavy atom. The minimum atomic E-state index is 0.439. The van der Waals surface area contributed by atoms with Gasteiger partial charge in [-0.25, -0.2) is 0 Å². The summed E-state index contributed by atoms with van der Waals surface area (Å²) >= 11 is 0. The van der Waals surface area contributed by atoms with Crippen molar-refractivity contribution in [2.75, 3.05) is 13.1 Å². The topological polar surface area (TPSA) is 51.0 Å². The van der Waals surface area contributed by atoms with Crippen molar-refractivity contribution in [2.45, 2.75) is 32.1 Å². The van der Waals surface area contributed by atoms with Crippen LogP contribution in [0.4, 0.5) is 0 Å². The molecule has 3 rings (SSSR count). The number of hydrogen-bond acceptors (Lipinski definition) is 4. The highest BCUT2D eigenvalue weighted by Crippen LogP contribution is 2.25. The van der Waals surface area contributed by atoms with Crippen LogP contribution in [0.5, 0.6) is 0 Å². The van der Waals surface area contributed by atoms with Gasteiger partial charge in [-0.3, -0.25) is 0 Å². The maximum absolute atomic E-state index is 5.40. The van der Waals surface area contributed by atoms with Crippen LogP contribution >= 0.6 is 0 Å². The molecule has 2 heterocycles. The van der Waals surface area contributed by atoms with Crippen LogP contribution in [-0.2, 0) is 6.42 Å². The first-order valence-electron chi connectivity index (χ1n) is 7.00. The van der Waals surface area contributed by atoms with E-state index in [4.69, 9.17) is 4.52 Å². The van der Waals surface area contributed by atoms with Gasteiger partial charge in [0.15, 0.2) is 5.82 Å². The van der Waals surface area contributed by atoms with Crippen LogP contribution in [0.25, 0.3) is 11.5 Å². The van der Waals surface area contributed by atoms with Crippen molar-refractivity contribution in [2.24, 2.45) is 0 Å². The minimum Gasteiger partial charge on any atom is -0.334 e. The highest BCUT2D eigenvalue weighted by Gasteiger charge is 2.21. The molecule has 4 nitrogen and oxygen atoms in total. The number of aryl methyl sites for hydroxylation is 1. The van der Waals surface area contributed by atoms with Crippen LogP contribution in [0.1, 0.15) is 37.1 Å². The Morgan fingerprint density at radius 2 is 1.95 bits per heavy atom. The Balaban J connectivity index is 1.79. The largest absolute Gasteiger partial charge is 0.334 e. The number of hydrogen-bond donors (Lipinski definition) is 1. The highest BCUT2D eigenvalue weighted by molar-refractivity contribution is 5.53. The van der Waals surface area contributed by atoms with E-state index in [9.17, 15) is 0 Å². The van der Waals surface area contributed by atoms with E-state index in [1.807, 2.05) is 0 Å². The van der Waals surface area contributed by atoms with Crippen molar-refractivity contribution < 1.29 is 4.52 Å². The van der Waals surface area contributed by atoms with E-state index in [0.29, 0.717) is 11.8 Å². The van der Waals surface area contributed by atoms with E-state index in [-0.39, 0.29) is 0 Å². The minimum absolute atomic E-state index is 0.439. The summed E-state index contributed by atoms with van der Waals surface area (Å²) in [7, 11) is 0. The van der Waals surface area contributed by atoms with Gasteiger partial charge in [-0.1, -0.05) is 24.2 Å². The van der Waals surface area contributed by atoms with Crippen molar-refractivity contribution in [3.05, 3.63) is 35.7 Å². The van der Waals surface area contributed by atoms with E-state index in [1.54, 1.807) is 0 Å². The molecule has 0 radical (unpaired) electrons. The fourth-order valence-corrected chi connectivity index (χ4v) is 2.48. The van der Waals surface area contributed by atoms with Crippen molar-refractivity contribution in [1.29, 1.82) is 0 Å². The molecule has 0 aliphatic carbocycles. The lowest BCUT2D eigenvalue weighted by atomic mass is 9.98. The molecular weight excluding hydrogens is 238 g/mol. The van der Waals surface area contributed by atoms with Crippen molar-refractivity contribution in [1.82, 2.24) is 15.5 Å². The number of piperidine rings is 1. The summed E-state index contributed by atoms with van der Waals surface area (Å²) in [5.41, 5.74) is 2.33. The zero-order valence-electron chi connectivity index (χ0n) is 11.2. The summed E-state index contributed by atoms with van der Waals surface area (Å²) in [5, 5.41) is 7.49. The second kappa shape index (κ2) is 5.53. The Morgan fingerprint density at radius 3 is 2.63 bits per heavy atom. The number of nitrogens with one attached hydrogen (secondary N) is 1. The molecule has 19 heavy (non-hydrogen) atoms. The van der Waals surface area contributed by atoms with Crippen molar-refractivity contribution in [3.63, 3.8) is 0 Å². The molecule has 1 saturated heterocycles. The molecule has 100 valence electrons. The van der Waals surface area contributed by atoms with Crippen molar-refractivity contribution in [3.8, 4) is 11.5 Å². The van der Waals surface area contributed by atoms with Gasteiger partial charge in [0.2, 0.25) is 0 Å². The molecule has 1 N–H and O–H groups in total. The fraction of sp³-hybridized carbons (Fsp3) is 0.467. The molecule has 1 aliphatic heterocycles. The Bertz CT molecular complexity index is 527. The van der Waals surface area contributed by atoms with Gasteiger partial charge in [-0.15, -0.1) is 0 Å². The Hall–Kier alpha value is -1.68.